The smallest absolute Gasteiger partial charge is 0.144 e. The Labute approximate surface area is 82.3 Å². The summed E-state index contributed by atoms with van der Waals surface area (Å²) in [5, 5.41) is 3.27. The molecule has 1 N–H and O–H groups in total. The molecule has 0 saturated carbocycles. The number of nitrogens with zero attached hydrogens (tertiary/aromatic N) is 1. The predicted molar refractivity (Wildman–Crippen MR) is 50.5 cm³/mol. The Morgan fingerprint density at radius 1 is 1.57 bits per heavy atom. The minimum absolute atomic E-state index is 0.100. The molecule has 0 unspecified atom stereocenters. The number of hydrogen-bond donors (Lipinski definition) is 1. The van der Waals surface area contributed by atoms with Gasteiger partial charge in [-0.1, -0.05) is 0 Å². The molecule has 3 nitrogen and oxygen atoms in total. The summed E-state index contributed by atoms with van der Waals surface area (Å²) < 4.78 is 18.3. The fourth-order valence-corrected chi connectivity index (χ4v) is 1.51. The van der Waals surface area contributed by atoms with Crippen molar-refractivity contribution in [1.82, 2.24) is 10.3 Å². The van der Waals surface area contributed by atoms with E-state index in [0.29, 0.717) is 12.3 Å². The van der Waals surface area contributed by atoms with Crippen LogP contribution in [0.5, 0.6) is 0 Å². The maximum atomic E-state index is 13.0. The van der Waals surface area contributed by atoms with Crippen molar-refractivity contribution in [1.29, 1.82) is 0 Å². The van der Waals surface area contributed by atoms with E-state index in [4.69, 9.17) is 4.74 Å². The maximum Gasteiger partial charge on any atom is 0.144 e. The fraction of sp³-hybridized carbons (Fsp3) is 0.500. The van der Waals surface area contributed by atoms with E-state index in [-0.39, 0.29) is 11.9 Å². The quantitative estimate of drug-likeness (QED) is 0.732. The lowest BCUT2D eigenvalue weighted by Crippen LogP contribution is -2.35. The minimum Gasteiger partial charge on any atom is -0.378 e. The predicted octanol–water partition coefficient (Wildman–Crippen LogP) is 1.19. The highest BCUT2D eigenvalue weighted by Crippen LogP contribution is 2.14. The molecule has 14 heavy (non-hydrogen) atoms. The van der Waals surface area contributed by atoms with E-state index >= 15 is 0 Å². The largest absolute Gasteiger partial charge is 0.378 e. The van der Waals surface area contributed by atoms with Crippen LogP contribution >= 0.6 is 0 Å². The van der Waals surface area contributed by atoms with Crippen LogP contribution in [0.25, 0.3) is 0 Å². The van der Waals surface area contributed by atoms with E-state index in [0.717, 1.165) is 18.8 Å². The third-order valence-electron chi connectivity index (χ3n) is 2.32. The first-order valence-electron chi connectivity index (χ1n) is 4.71. The molecule has 0 aliphatic carbocycles. The van der Waals surface area contributed by atoms with Gasteiger partial charge in [0.15, 0.2) is 0 Å². The first-order valence-corrected chi connectivity index (χ1v) is 4.71. The SMILES string of the molecule is Cc1nc([C@@H]2COCCN2)ccc1F. The molecule has 1 atom stereocenters. The molecule has 0 aromatic carbocycles. The van der Waals surface area contributed by atoms with Gasteiger partial charge < -0.3 is 10.1 Å². The van der Waals surface area contributed by atoms with Gasteiger partial charge in [-0.3, -0.25) is 4.98 Å². The highest BCUT2D eigenvalue weighted by atomic mass is 19.1. The zero-order valence-corrected chi connectivity index (χ0v) is 8.09. The number of aromatic nitrogens is 1. The average molecular weight is 196 g/mol. The van der Waals surface area contributed by atoms with Gasteiger partial charge in [0.2, 0.25) is 0 Å². The van der Waals surface area contributed by atoms with Gasteiger partial charge in [0, 0.05) is 6.54 Å². The van der Waals surface area contributed by atoms with E-state index in [9.17, 15) is 4.39 Å². The summed E-state index contributed by atoms with van der Waals surface area (Å²) in [6.45, 7) is 3.83. The molecular weight excluding hydrogens is 183 g/mol. The monoisotopic (exact) mass is 196 g/mol. The van der Waals surface area contributed by atoms with E-state index < -0.39 is 0 Å². The molecule has 4 heteroatoms. The number of pyridine rings is 1. The van der Waals surface area contributed by atoms with Gasteiger partial charge in [0.05, 0.1) is 30.6 Å². The second-order valence-electron chi connectivity index (χ2n) is 3.38. The van der Waals surface area contributed by atoms with Crippen LogP contribution in [-0.2, 0) is 4.74 Å². The van der Waals surface area contributed by atoms with E-state index in [2.05, 4.69) is 10.3 Å². The first-order chi connectivity index (χ1) is 6.77. The highest BCUT2D eigenvalue weighted by molar-refractivity contribution is 5.15. The van der Waals surface area contributed by atoms with Gasteiger partial charge in [0.25, 0.3) is 0 Å². The number of aryl methyl sites for hydroxylation is 1. The number of ether oxygens (including phenoxy) is 1. The maximum absolute atomic E-state index is 13.0. The van der Waals surface area contributed by atoms with Crippen molar-refractivity contribution in [2.24, 2.45) is 0 Å². The molecular formula is C10H13FN2O. The van der Waals surface area contributed by atoms with Crippen molar-refractivity contribution in [3.05, 3.63) is 29.3 Å². The molecule has 2 heterocycles. The Morgan fingerprint density at radius 3 is 3.07 bits per heavy atom. The molecule has 1 aromatic rings. The lowest BCUT2D eigenvalue weighted by molar-refractivity contribution is 0.0755. The van der Waals surface area contributed by atoms with Crippen molar-refractivity contribution < 1.29 is 9.13 Å². The van der Waals surface area contributed by atoms with Crippen molar-refractivity contribution in [2.75, 3.05) is 19.8 Å². The fourth-order valence-electron chi connectivity index (χ4n) is 1.51. The first kappa shape index (κ1) is 9.55. The van der Waals surface area contributed by atoms with Gasteiger partial charge in [-0.2, -0.15) is 0 Å². The van der Waals surface area contributed by atoms with Crippen LogP contribution in [0.3, 0.4) is 0 Å². The summed E-state index contributed by atoms with van der Waals surface area (Å²) in [7, 11) is 0. The molecule has 1 aliphatic rings. The normalized spacial score (nSPS) is 22.3. The van der Waals surface area contributed by atoms with Crippen molar-refractivity contribution in [2.45, 2.75) is 13.0 Å². The summed E-state index contributed by atoms with van der Waals surface area (Å²) in [5.74, 6) is -0.259. The van der Waals surface area contributed by atoms with Crippen LogP contribution in [0.15, 0.2) is 12.1 Å². The number of rotatable bonds is 1. The van der Waals surface area contributed by atoms with Crippen LogP contribution in [0.2, 0.25) is 0 Å². The van der Waals surface area contributed by atoms with Crippen molar-refractivity contribution in [3.63, 3.8) is 0 Å². The Kier molecular flexibility index (Phi) is 2.74. The molecule has 0 spiro atoms. The van der Waals surface area contributed by atoms with Gasteiger partial charge in [-0.15, -0.1) is 0 Å². The van der Waals surface area contributed by atoms with Gasteiger partial charge >= 0.3 is 0 Å². The van der Waals surface area contributed by atoms with E-state index in [1.54, 1.807) is 13.0 Å². The third kappa shape index (κ3) is 1.91. The Hall–Kier alpha value is -1.00. The summed E-state index contributed by atoms with van der Waals surface area (Å²) in [6.07, 6.45) is 0. The van der Waals surface area contributed by atoms with Crippen molar-refractivity contribution >= 4 is 0 Å². The Balaban J connectivity index is 2.18. The summed E-state index contributed by atoms with van der Waals surface area (Å²) in [5.41, 5.74) is 1.29. The molecule has 0 radical (unpaired) electrons. The topological polar surface area (TPSA) is 34.1 Å². The summed E-state index contributed by atoms with van der Waals surface area (Å²) >= 11 is 0. The minimum atomic E-state index is -0.259. The second-order valence-corrected chi connectivity index (χ2v) is 3.38. The standard InChI is InChI=1S/C10H13FN2O/c1-7-8(11)2-3-9(13-7)10-6-14-5-4-12-10/h2-3,10,12H,4-6H2,1H3/t10-/m0/s1. The lowest BCUT2D eigenvalue weighted by atomic mass is 10.1. The van der Waals surface area contributed by atoms with Crippen molar-refractivity contribution in [3.8, 4) is 0 Å². The number of morpholine rings is 1. The van der Waals surface area contributed by atoms with E-state index in [1.807, 2.05) is 0 Å². The molecule has 1 aliphatic heterocycles. The number of nitrogens with one attached hydrogen (secondary N) is 1. The second kappa shape index (κ2) is 4.02. The Morgan fingerprint density at radius 2 is 2.43 bits per heavy atom. The zero-order valence-electron chi connectivity index (χ0n) is 8.09. The van der Waals surface area contributed by atoms with Gasteiger partial charge in [-0.25, -0.2) is 4.39 Å². The molecule has 1 saturated heterocycles. The molecule has 1 aromatic heterocycles. The third-order valence-corrected chi connectivity index (χ3v) is 2.32. The van der Waals surface area contributed by atoms with Crippen LogP contribution < -0.4 is 5.32 Å². The van der Waals surface area contributed by atoms with Crippen LogP contribution in [-0.4, -0.2) is 24.7 Å². The number of halogens is 1. The van der Waals surface area contributed by atoms with Crippen LogP contribution in [0.1, 0.15) is 17.4 Å². The molecule has 76 valence electrons. The lowest BCUT2D eigenvalue weighted by Gasteiger charge is -2.23. The molecule has 0 amide bonds. The van der Waals surface area contributed by atoms with Gasteiger partial charge in [-0.05, 0) is 19.1 Å². The highest BCUT2D eigenvalue weighted by Gasteiger charge is 2.16. The zero-order chi connectivity index (χ0) is 9.97. The molecule has 1 fully saturated rings. The van der Waals surface area contributed by atoms with Crippen LogP contribution in [0, 0.1) is 12.7 Å². The van der Waals surface area contributed by atoms with Crippen LogP contribution in [0.4, 0.5) is 4.39 Å². The summed E-state index contributed by atoms with van der Waals surface area (Å²) in [6, 6.07) is 3.26. The van der Waals surface area contributed by atoms with E-state index in [1.165, 1.54) is 6.07 Å². The molecule has 2 rings (SSSR count). The average Bonchev–Trinajstić information content (AvgIpc) is 2.23. The Bertz CT molecular complexity index is 324. The summed E-state index contributed by atoms with van der Waals surface area (Å²) in [4.78, 5) is 4.18. The number of hydrogen-bond acceptors (Lipinski definition) is 3. The molecule has 0 bridgehead atoms. The van der Waals surface area contributed by atoms with Gasteiger partial charge in [0.1, 0.15) is 5.82 Å².